The summed E-state index contributed by atoms with van der Waals surface area (Å²) < 4.78 is 44.5. The van der Waals surface area contributed by atoms with Gasteiger partial charge in [-0.15, -0.1) is 0 Å². The van der Waals surface area contributed by atoms with Gasteiger partial charge in [0.15, 0.2) is 24.8 Å². The van der Waals surface area contributed by atoms with Gasteiger partial charge < -0.3 is 33.2 Å². The first-order valence-corrected chi connectivity index (χ1v) is 18.0. The number of ether oxygens (including phenoxy) is 7. The van der Waals surface area contributed by atoms with Crippen LogP contribution in [-0.2, 0) is 28.4 Å². The summed E-state index contributed by atoms with van der Waals surface area (Å²) >= 11 is 5.59. The zero-order valence-electron chi connectivity index (χ0n) is 24.1. The van der Waals surface area contributed by atoms with Crippen LogP contribution in [0.15, 0.2) is 73.3 Å². The van der Waals surface area contributed by atoms with Crippen molar-refractivity contribution in [3.63, 3.8) is 0 Å². The van der Waals surface area contributed by atoms with Gasteiger partial charge in [-0.05, 0) is 42.5 Å². The van der Waals surface area contributed by atoms with Crippen LogP contribution in [0.4, 0.5) is 0 Å². The first-order chi connectivity index (χ1) is 20.2. The number of rotatable bonds is 9. The van der Waals surface area contributed by atoms with Gasteiger partial charge in [-0.1, -0.05) is 50.0 Å². The van der Waals surface area contributed by atoms with E-state index in [1.165, 1.54) is 6.33 Å². The number of hydrogen-bond donors (Lipinski definition) is 0. The largest absolute Gasteiger partial charge is 0.497 e. The third-order valence-electron chi connectivity index (χ3n) is 7.01. The molecule has 0 bridgehead atoms. The molecule has 6 atom stereocenters. The van der Waals surface area contributed by atoms with E-state index in [0.717, 1.165) is 11.6 Å². The summed E-state index contributed by atoms with van der Waals surface area (Å²) in [5, 5.41) is 0.109. The normalized spacial score (nSPS) is 25.7. The lowest BCUT2D eigenvalue weighted by Gasteiger charge is -2.48. The number of methoxy groups -OCH3 is 1. The first-order valence-electron chi connectivity index (χ1n) is 13.8. The van der Waals surface area contributed by atoms with E-state index < -0.39 is 51.0 Å². The Morgan fingerprint density at radius 2 is 1.81 bits per heavy atom. The SMILES string of the molecule is COc1ccc([C@@H]2OC[C@H]3O[C@@H](OCC[Si](C)(C)C)[C@H](OC(=S)n4ccnc4)[C@@H](OC(=O)c4ccccc4)[C@@H]3O2)cc1. The highest BCUT2D eigenvalue weighted by Gasteiger charge is 2.54. The highest BCUT2D eigenvalue weighted by atomic mass is 32.1. The highest BCUT2D eigenvalue weighted by molar-refractivity contribution is 7.80. The number of carbonyl (C=O) groups is 1. The summed E-state index contributed by atoms with van der Waals surface area (Å²) in [6.45, 7) is 7.44. The van der Waals surface area contributed by atoms with E-state index in [1.807, 2.05) is 30.3 Å². The van der Waals surface area contributed by atoms with Crippen LogP contribution < -0.4 is 4.74 Å². The quantitative estimate of drug-likeness (QED) is 0.190. The number of benzene rings is 2. The summed E-state index contributed by atoms with van der Waals surface area (Å²) in [6.07, 6.45) is -0.0514. The average molecular weight is 613 g/mol. The lowest BCUT2D eigenvalue weighted by Crippen LogP contribution is -2.64. The number of esters is 1. The molecule has 224 valence electrons. The van der Waals surface area contributed by atoms with Gasteiger partial charge in [0.05, 0.1) is 19.3 Å². The van der Waals surface area contributed by atoms with E-state index in [1.54, 1.807) is 48.3 Å². The predicted molar refractivity (Wildman–Crippen MR) is 160 cm³/mol. The van der Waals surface area contributed by atoms with Crippen molar-refractivity contribution in [1.29, 1.82) is 0 Å². The van der Waals surface area contributed by atoms with Gasteiger partial charge in [0.2, 0.25) is 0 Å². The third-order valence-corrected chi connectivity index (χ3v) is 9.02. The lowest BCUT2D eigenvalue weighted by molar-refractivity contribution is -0.358. The van der Waals surface area contributed by atoms with Gasteiger partial charge >= 0.3 is 5.97 Å². The molecular weight excluding hydrogens is 576 g/mol. The molecule has 1 aromatic heterocycles. The van der Waals surface area contributed by atoms with E-state index in [-0.39, 0.29) is 11.8 Å². The molecule has 0 saturated carbocycles. The van der Waals surface area contributed by atoms with Crippen LogP contribution in [0.5, 0.6) is 5.75 Å². The number of imidazole rings is 1. The van der Waals surface area contributed by atoms with Crippen LogP contribution in [-0.4, -0.2) is 79.8 Å². The zero-order valence-corrected chi connectivity index (χ0v) is 25.9. The van der Waals surface area contributed by atoms with Gasteiger partial charge in [0.1, 0.15) is 24.3 Å². The fourth-order valence-corrected chi connectivity index (χ4v) is 5.61. The number of fused-ring (bicyclic) bond motifs is 1. The number of hydrogen-bond acceptors (Lipinski definition) is 10. The lowest BCUT2D eigenvalue weighted by atomic mass is 9.97. The molecule has 42 heavy (non-hydrogen) atoms. The fraction of sp³-hybridized carbons (Fsp3) is 0.433. The molecule has 2 saturated heterocycles. The van der Waals surface area contributed by atoms with Crippen molar-refractivity contribution in [1.82, 2.24) is 9.55 Å². The maximum absolute atomic E-state index is 13.4. The summed E-state index contributed by atoms with van der Waals surface area (Å²) in [6, 6.07) is 17.1. The topological polar surface area (TPSA) is 99.5 Å². The van der Waals surface area contributed by atoms with E-state index in [9.17, 15) is 4.79 Å². The Hall–Kier alpha value is -3.13. The Bertz CT molecular complexity index is 1320. The molecule has 2 aliphatic rings. The second-order valence-corrected chi connectivity index (χ2v) is 17.3. The number of carbonyl (C=O) groups excluding carboxylic acids is 1. The third kappa shape index (κ3) is 7.44. The molecule has 0 unspecified atom stereocenters. The molecule has 0 radical (unpaired) electrons. The molecule has 0 N–H and O–H groups in total. The van der Waals surface area contributed by atoms with E-state index >= 15 is 0 Å². The van der Waals surface area contributed by atoms with E-state index in [2.05, 4.69) is 24.6 Å². The molecule has 3 aromatic rings. The number of thiocarbonyl (C=S) groups is 1. The second-order valence-electron chi connectivity index (χ2n) is 11.3. The van der Waals surface area contributed by atoms with Crippen LogP contribution in [0, 0.1) is 0 Å². The Morgan fingerprint density at radius 3 is 2.48 bits per heavy atom. The van der Waals surface area contributed by atoms with Gasteiger partial charge in [0.25, 0.3) is 5.17 Å². The number of nitrogens with zero attached hydrogens (tertiary/aromatic N) is 2. The minimum atomic E-state index is -1.42. The minimum Gasteiger partial charge on any atom is -0.497 e. The standard InChI is InChI=1S/C30H36N2O8SSi/c1-34-22-12-10-21(11-13-22)28-36-18-23-24(39-28)25(38-27(33)20-8-6-5-7-9-20)26(40-30(41)32-15-14-31-19-32)29(37-23)35-16-17-42(2,3)4/h5-15,19,23-26,28-29H,16-18H2,1-4H3/t23-,24-,25+,26-,28-,29-/m1/s1. The maximum atomic E-state index is 13.4. The first kappa shape index (κ1) is 30.3. The van der Waals surface area contributed by atoms with Crippen molar-refractivity contribution in [3.8, 4) is 5.75 Å². The monoisotopic (exact) mass is 612 g/mol. The summed E-state index contributed by atoms with van der Waals surface area (Å²) in [5.41, 5.74) is 1.17. The summed E-state index contributed by atoms with van der Waals surface area (Å²) in [7, 11) is 0.188. The summed E-state index contributed by atoms with van der Waals surface area (Å²) in [5.74, 6) is 0.184. The highest BCUT2D eigenvalue weighted by Crippen LogP contribution is 2.37. The number of aromatic nitrogens is 2. The summed E-state index contributed by atoms with van der Waals surface area (Å²) in [4.78, 5) is 17.5. The van der Waals surface area contributed by atoms with Crippen LogP contribution in [0.1, 0.15) is 22.2 Å². The maximum Gasteiger partial charge on any atom is 0.338 e. The predicted octanol–water partition coefficient (Wildman–Crippen LogP) is 4.83. The van der Waals surface area contributed by atoms with Gasteiger partial charge in [-0.3, -0.25) is 4.57 Å². The molecule has 2 aromatic carbocycles. The molecule has 12 heteroatoms. The molecule has 5 rings (SSSR count). The fourth-order valence-electron chi connectivity index (χ4n) is 4.66. The smallest absolute Gasteiger partial charge is 0.338 e. The van der Waals surface area contributed by atoms with Crippen molar-refractivity contribution in [2.24, 2.45) is 0 Å². The van der Waals surface area contributed by atoms with Crippen molar-refractivity contribution in [2.45, 2.75) is 62.7 Å². The Balaban J connectivity index is 1.46. The zero-order chi connectivity index (χ0) is 29.7. The van der Waals surface area contributed by atoms with Gasteiger partial charge in [0, 0.05) is 32.6 Å². The molecule has 10 nitrogen and oxygen atoms in total. The Kier molecular flexibility index (Phi) is 9.71. The van der Waals surface area contributed by atoms with Crippen LogP contribution >= 0.6 is 12.2 Å². The van der Waals surface area contributed by atoms with Crippen molar-refractivity contribution in [3.05, 3.63) is 84.4 Å². The van der Waals surface area contributed by atoms with Crippen LogP contribution in [0.25, 0.3) is 0 Å². The molecule has 2 fully saturated rings. The molecule has 2 aliphatic heterocycles. The molecule has 0 amide bonds. The second kappa shape index (κ2) is 13.4. The minimum absolute atomic E-state index is 0.109. The van der Waals surface area contributed by atoms with E-state index in [4.69, 9.17) is 45.4 Å². The Labute approximate surface area is 251 Å². The van der Waals surface area contributed by atoms with Crippen molar-refractivity contribution < 1.29 is 38.0 Å². The average Bonchev–Trinajstić information content (AvgIpc) is 3.54. The Morgan fingerprint density at radius 1 is 1.05 bits per heavy atom. The van der Waals surface area contributed by atoms with Crippen molar-refractivity contribution >= 4 is 31.4 Å². The van der Waals surface area contributed by atoms with Crippen LogP contribution in [0.2, 0.25) is 25.7 Å². The molecule has 0 spiro atoms. The molecule has 0 aliphatic carbocycles. The van der Waals surface area contributed by atoms with Crippen LogP contribution in [0.3, 0.4) is 0 Å². The van der Waals surface area contributed by atoms with E-state index in [0.29, 0.717) is 17.9 Å². The molecular formula is C30H36N2O8SSi. The molecule has 3 heterocycles. The van der Waals surface area contributed by atoms with Gasteiger partial charge in [-0.25, -0.2) is 9.78 Å². The van der Waals surface area contributed by atoms with Crippen molar-refractivity contribution in [2.75, 3.05) is 20.3 Å². The van der Waals surface area contributed by atoms with Gasteiger partial charge in [-0.2, -0.15) is 0 Å².